The molecule has 2 heterocycles. The van der Waals surface area contributed by atoms with Gasteiger partial charge in [0.25, 0.3) is 5.91 Å². The Hall–Kier alpha value is -4.26. The molecular weight excluding hydrogens is 392 g/mol. The highest BCUT2D eigenvalue weighted by Crippen LogP contribution is 2.16. The number of nitrogens with zero attached hydrogens (tertiary/aromatic N) is 3. The summed E-state index contributed by atoms with van der Waals surface area (Å²) in [5, 5.41) is 7.01. The number of hydrogen-bond donors (Lipinski definition) is 1. The van der Waals surface area contributed by atoms with E-state index in [1.807, 2.05) is 36.4 Å². The molecule has 0 aliphatic carbocycles. The predicted octanol–water partition coefficient (Wildman–Crippen LogP) is 3.57. The molecule has 0 aliphatic heterocycles. The van der Waals surface area contributed by atoms with Crippen molar-refractivity contribution < 1.29 is 14.3 Å². The molecule has 2 aromatic carbocycles. The average Bonchev–Trinajstić information content (AvgIpc) is 3.25. The van der Waals surface area contributed by atoms with Gasteiger partial charge >= 0.3 is 0 Å². The van der Waals surface area contributed by atoms with Crippen LogP contribution in [0.1, 0.15) is 21.6 Å². The first-order valence-corrected chi connectivity index (χ1v) is 9.73. The van der Waals surface area contributed by atoms with Gasteiger partial charge in [-0.15, -0.1) is 0 Å². The number of rotatable bonds is 8. The molecule has 0 spiro atoms. The standard InChI is InChI=1S/C24H20N4O3/c29-23(27-22-13-15-26-28(22)16-20-8-4-5-14-25-20)17-31-21-11-9-19(10-12-21)24(30)18-6-2-1-3-7-18/h1-15H,16-17H2,(H,27,29). The Bertz CT molecular complexity index is 1160. The molecule has 0 bridgehead atoms. The van der Waals surface area contributed by atoms with Crippen LogP contribution in [0.4, 0.5) is 5.82 Å². The average molecular weight is 412 g/mol. The number of ether oxygens (including phenoxy) is 1. The molecule has 0 radical (unpaired) electrons. The SMILES string of the molecule is O=C(COc1ccc(C(=O)c2ccccc2)cc1)Nc1ccnn1Cc1ccccn1. The van der Waals surface area contributed by atoms with Crippen molar-refractivity contribution in [3.8, 4) is 5.75 Å². The summed E-state index contributed by atoms with van der Waals surface area (Å²) in [6.07, 6.45) is 3.32. The van der Waals surface area contributed by atoms with E-state index >= 15 is 0 Å². The molecule has 4 rings (SSSR count). The van der Waals surface area contributed by atoms with Gasteiger partial charge in [0, 0.05) is 23.4 Å². The van der Waals surface area contributed by atoms with Crippen LogP contribution in [0.25, 0.3) is 0 Å². The molecule has 1 N–H and O–H groups in total. The van der Waals surface area contributed by atoms with Gasteiger partial charge in [0.15, 0.2) is 12.4 Å². The Morgan fingerprint density at radius 2 is 1.58 bits per heavy atom. The monoisotopic (exact) mass is 412 g/mol. The zero-order chi connectivity index (χ0) is 21.5. The van der Waals surface area contributed by atoms with Crippen LogP contribution in [-0.4, -0.2) is 33.1 Å². The van der Waals surface area contributed by atoms with E-state index in [-0.39, 0.29) is 18.3 Å². The number of anilines is 1. The van der Waals surface area contributed by atoms with Crippen molar-refractivity contribution in [1.29, 1.82) is 0 Å². The van der Waals surface area contributed by atoms with E-state index in [4.69, 9.17) is 4.74 Å². The summed E-state index contributed by atoms with van der Waals surface area (Å²) in [4.78, 5) is 29.0. The first kappa shape index (κ1) is 20.0. The molecule has 1 amide bonds. The smallest absolute Gasteiger partial charge is 0.263 e. The van der Waals surface area contributed by atoms with Crippen LogP contribution in [0.3, 0.4) is 0 Å². The van der Waals surface area contributed by atoms with Crippen molar-refractivity contribution in [3.05, 3.63) is 108 Å². The molecule has 31 heavy (non-hydrogen) atoms. The quantitative estimate of drug-likeness (QED) is 0.447. The van der Waals surface area contributed by atoms with Crippen LogP contribution in [0.15, 0.2) is 91.3 Å². The maximum atomic E-state index is 12.4. The summed E-state index contributed by atoms with van der Waals surface area (Å²) < 4.78 is 7.21. The summed E-state index contributed by atoms with van der Waals surface area (Å²) in [6, 6.07) is 23.1. The predicted molar refractivity (Wildman–Crippen MR) is 116 cm³/mol. The van der Waals surface area contributed by atoms with E-state index in [1.165, 1.54) is 0 Å². The third-order valence-corrected chi connectivity index (χ3v) is 4.54. The highest BCUT2D eigenvalue weighted by molar-refractivity contribution is 6.09. The van der Waals surface area contributed by atoms with Crippen molar-refractivity contribution in [2.24, 2.45) is 0 Å². The van der Waals surface area contributed by atoms with E-state index in [1.54, 1.807) is 59.5 Å². The zero-order valence-electron chi connectivity index (χ0n) is 16.6. The summed E-state index contributed by atoms with van der Waals surface area (Å²) in [7, 11) is 0. The summed E-state index contributed by atoms with van der Waals surface area (Å²) in [5.41, 5.74) is 2.02. The number of hydrogen-bond acceptors (Lipinski definition) is 5. The number of ketones is 1. The van der Waals surface area contributed by atoms with E-state index in [0.717, 1.165) is 5.69 Å². The minimum absolute atomic E-state index is 0.0638. The van der Waals surface area contributed by atoms with Crippen LogP contribution < -0.4 is 10.1 Å². The highest BCUT2D eigenvalue weighted by Gasteiger charge is 2.11. The fourth-order valence-corrected chi connectivity index (χ4v) is 3.00. The molecular formula is C24H20N4O3. The number of amides is 1. The molecule has 4 aromatic rings. The van der Waals surface area contributed by atoms with E-state index < -0.39 is 0 Å². The topological polar surface area (TPSA) is 86.1 Å². The molecule has 154 valence electrons. The number of carbonyl (C=O) groups excluding carboxylic acids is 2. The maximum Gasteiger partial charge on any atom is 0.263 e. The second-order valence-electron chi connectivity index (χ2n) is 6.75. The molecule has 7 heteroatoms. The number of carbonyl (C=O) groups is 2. The van der Waals surface area contributed by atoms with Crippen LogP contribution in [0, 0.1) is 0 Å². The lowest BCUT2D eigenvalue weighted by Gasteiger charge is -2.10. The van der Waals surface area contributed by atoms with Crippen LogP contribution in [0.2, 0.25) is 0 Å². The third kappa shape index (κ3) is 5.22. The molecule has 7 nitrogen and oxygen atoms in total. The molecule has 0 aliphatic rings. The van der Waals surface area contributed by atoms with Gasteiger partial charge in [0.05, 0.1) is 18.4 Å². The van der Waals surface area contributed by atoms with Gasteiger partial charge in [-0.1, -0.05) is 36.4 Å². The Kier molecular flexibility index (Phi) is 6.13. The van der Waals surface area contributed by atoms with Gasteiger partial charge in [-0.2, -0.15) is 5.10 Å². The lowest BCUT2D eigenvalue weighted by Crippen LogP contribution is -2.22. The summed E-state index contributed by atoms with van der Waals surface area (Å²) in [6.45, 7) is 0.280. The largest absolute Gasteiger partial charge is 0.484 e. The maximum absolute atomic E-state index is 12.4. The third-order valence-electron chi connectivity index (χ3n) is 4.54. The summed E-state index contributed by atoms with van der Waals surface area (Å²) in [5.74, 6) is 0.683. The number of nitrogens with one attached hydrogen (secondary N) is 1. The van der Waals surface area contributed by atoms with Gasteiger partial charge in [0.1, 0.15) is 11.6 Å². The Balaban J connectivity index is 1.31. The number of aromatic nitrogens is 3. The molecule has 0 saturated carbocycles. The lowest BCUT2D eigenvalue weighted by molar-refractivity contribution is -0.118. The fourth-order valence-electron chi connectivity index (χ4n) is 3.00. The summed E-state index contributed by atoms with van der Waals surface area (Å²) >= 11 is 0. The van der Waals surface area contributed by atoms with Crippen molar-refractivity contribution in [1.82, 2.24) is 14.8 Å². The van der Waals surface area contributed by atoms with Crippen molar-refractivity contribution in [3.63, 3.8) is 0 Å². The van der Waals surface area contributed by atoms with Gasteiger partial charge in [-0.25, -0.2) is 4.68 Å². The Labute approximate surface area is 179 Å². The van der Waals surface area contributed by atoms with Gasteiger partial charge in [0.2, 0.25) is 0 Å². The number of pyridine rings is 1. The van der Waals surface area contributed by atoms with Crippen LogP contribution >= 0.6 is 0 Å². The minimum Gasteiger partial charge on any atom is -0.484 e. The zero-order valence-corrected chi connectivity index (χ0v) is 16.6. The van der Waals surface area contributed by atoms with Crippen molar-refractivity contribution in [2.45, 2.75) is 6.54 Å². The van der Waals surface area contributed by atoms with E-state index in [0.29, 0.717) is 29.2 Å². The van der Waals surface area contributed by atoms with Crippen LogP contribution in [-0.2, 0) is 11.3 Å². The Morgan fingerprint density at radius 1 is 0.839 bits per heavy atom. The molecule has 0 fully saturated rings. The Morgan fingerprint density at radius 3 is 2.32 bits per heavy atom. The van der Waals surface area contributed by atoms with Gasteiger partial charge < -0.3 is 10.1 Å². The molecule has 0 atom stereocenters. The molecule has 2 aromatic heterocycles. The highest BCUT2D eigenvalue weighted by atomic mass is 16.5. The second-order valence-corrected chi connectivity index (χ2v) is 6.75. The molecule has 0 unspecified atom stereocenters. The van der Waals surface area contributed by atoms with Crippen molar-refractivity contribution >= 4 is 17.5 Å². The lowest BCUT2D eigenvalue weighted by atomic mass is 10.0. The second kappa shape index (κ2) is 9.49. The van der Waals surface area contributed by atoms with Gasteiger partial charge in [-0.3, -0.25) is 14.6 Å². The number of benzene rings is 2. The minimum atomic E-state index is -0.313. The molecule has 0 saturated heterocycles. The fraction of sp³-hybridized carbons (Fsp3) is 0.0833. The van der Waals surface area contributed by atoms with Crippen LogP contribution in [0.5, 0.6) is 5.75 Å². The normalized spacial score (nSPS) is 10.5. The van der Waals surface area contributed by atoms with Gasteiger partial charge in [-0.05, 0) is 36.4 Å². The first-order chi connectivity index (χ1) is 15.2. The van der Waals surface area contributed by atoms with E-state index in [9.17, 15) is 9.59 Å². The van der Waals surface area contributed by atoms with Crippen molar-refractivity contribution in [2.75, 3.05) is 11.9 Å². The first-order valence-electron chi connectivity index (χ1n) is 9.73. The van der Waals surface area contributed by atoms with E-state index in [2.05, 4.69) is 15.4 Å².